The maximum atomic E-state index is 9.42. The van der Waals surface area contributed by atoms with Gasteiger partial charge in [0.25, 0.3) is 0 Å². The third-order valence-corrected chi connectivity index (χ3v) is 0.437. The third kappa shape index (κ3) is 5.71. The van der Waals surface area contributed by atoms with E-state index < -0.39 is 4.92 Å². The first-order chi connectivity index (χ1) is 3.13. The molecule has 0 saturated carbocycles. The third-order valence-electron chi connectivity index (χ3n) is 0.216. The molecule has 0 aromatic heterocycles. The van der Waals surface area contributed by atoms with Crippen molar-refractivity contribution in [2.75, 3.05) is 0 Å². The molecular formula is C2H2NO2S2-. The van der Waals surface area contributed by atoms with Gasteiger partial charge in [0.1, 0.15) is 0 Å². The molecule has 0 N–H and O–H groups in total. The number of nitrogens with zero attached hydrogens (tertiary/aromatic N) is 1. The molecule has 0 aliphatic carbocycles. The number of nitro groups is 1. The first kappa shape index (κ1) is 6.71. The minimum Gasteiger partial charge on any atom is -0.767 e. The lowest BCUT2D eigenvalue weighted by Crippen LogP contribution is -1.82. The van der Waals surface area contributed by atoms with E-state index in [2.05, 4.69) is 25.3 Å². The molecule has 0 spiro atoms. The van der Waals surface area contributed by atoms with Crippen molar-refractivity contribution in [2.24, 2.45) is 0 Å². The molecule has 0 unspecified atom stereocenters. The van der Waals surface area contributed by atoms with Gasteiger partial charge in [-0.25, -0.2) is 0 Å². The predicted octanol–water partition coefficient (Wildman–Crippen LogP) is 0.539. The highest BCUT2D eigenvalue weighted by Crippen LogP contribution is 1.92. The van der Waals surface area contributed by atoms with E-state index in [1.807, 2.05) is 0 Å². The first-order valence-electron chi connectivity index (χ1n) is 1.34. The summed E-state index contributed by atoms with van der Waals surface area (Å²) in [5.74, 6) is 0. The van der Waals surface area contributed by atoms with Crippen LogP contribution in [0.5, 0.6) is 0 Å². The van der Waals surface area contributed by atoms with E-state index in [4.69, 9.17) is 0 Å². The standard InChI is InChI=1S/C2H3NO2S2/c4-3(5)1-2(6)7/h1,6-7H/p-1. The van der Waals surface area contributed by atoms with Gasteiger partial charge in [0, 0.05) is 0 Å². The Labute approximate surface area is 51.4 Å². The Kier molecular flexibility index (Phi) is 2.70. The van der Waals surface area contributed by atoms with Gasteiger partial charge < -0.3 is 12.6 Å². The molecule has 3 nitrogen and oxygen atoms in total. The number of rotatable bonds is 1. The molecule has 0 aliphatic heterocycles. The van der Waals surface area contributed by atoms with E-state index in [1.165, 1.54) is 0 Å². The van der Waals surface area contributed by atoms with Crippen LogP contribution in [0.25, 0.3) is 0 Å². The van der Waals surface area contributed by atoms with Crippen LogP contribution in [0.4, 0.5) is 0 Å². The minimum atomic E-state index is -0.644. The monoisotopic (exact) mass is 136 g/mol. The van der Waals surface area contributed by atoms with Crippen LogP contribution < -0.4 is 0 Å². The Morgan fingerprint density at radius 2 is 2.43 bits per heavy atom. The molecule has 5 heteroatoms. The van der Waals surface area contributed by atoms with Crippen LogP contribution in [0.1, 0.15) is 0 Å². The van der Waals surface area contributed by atoms with E-state index in [9.17, 15) is 10.1 Å². The van der Waals surface area contributed by atoms with Crippen LogP contribution >= 0.6 is 12.6 Å². The van der Waals surface area contributed by atoms with Crippen molar-refractivity contribution in [3.8, 4) is 0 Å². The fraction of sp³-hybridized carbons (Fsp3) is 0. The SMILES string of the molecule is O=[N+]([O-])C=C([S-])S. The lowest BCUT2D eigenvalue weighted by atomic mass is 11.1. The molecule has 0 aliphatic rings. The van der Waals surface area contributed by atoms with Gasteiger partial charge in [0.05, 0.1) is 4.92 Å². The van der Waals surface area contributed by atoms with Crippen LogP contribution in [0.15, 0.2) is 10.4 Å². The van der Waals surface area contributed by atoms with Gasteiger partial charge in [-0.05, 0) is 0 Å². The second-order valence-corrected chi connectivity index (χ2v) is 1.98. The second kappa shape index (κ2) is 2.81. The largest absolute Gasteiger partial charge is 0.767 e. The van der Waals surface area contributed by atoms with Crippen LogP contribution in [0.3, 0.4) is 0 Å². The fourth-order valence-corrected chi connectivity index (χ4v) is 0.271. The highest BCUT2D eigenvalue weighted by Gasteiger charge is 1.78. The molecular weight excluding hydrogens is 134 g/mol. The first-order valence-corrected chi connectivity index (χ1v) is 2.20. The van der Waals surface area contributed by atoms with E-state index in [0.717, 1.165) is 0 Å². The average molecular weight is 136 g/mol. The predicted molar refractivity (Wildman–Crippen MR) is 31.4 cm³/mol. The molecule has 0 radical (unpaired) electrons. The zero-order valence-electron chi connectivity index (χ0n) is 3.20. The van der Waals surface area contributed by atoms with E-state index >= 15 is 0 Å². The van der Waals surface area contributed by atoms with E-state index in [1.54, 1.807) is 0 Å². The number of hydrogen-bond acceptors (Lipinski definition) is 4. The fourth-order valence-electron chi connectivity index (χ4n) is 0.0902. The maximum absolute atomic E-state index is 9.42. The average Bonchev–Trinajstić information content (AvgIpc) is 1.27. The minimum absolute atomic E-state index is 0.00926. The van der Waals surface area contributed by atoms with Crippen molar-refractivity contribution in [3.05, 3.63) is 20.6 Å². The van der Waals surface area contributed by atoms with Gasteiger partial charge in [0.15, 0.2) is 0 Å². The van der Waals surface area contributed by atoms with Gasteiger partial charge in [-0.1, -0.05) is 4.24 Å². The highest BCUT2D eigenvalue weighted by molar-refractivity contribution is 7.97. The van der Waals surface area contributed by atoms with Crippen molar-refractivity contribution < 1.29 is 4.92 Å². The Hall–Kier alpha value is -0.290. The molecule has 0 atom stereocenters. The summed E-state index contributed by atoms with van der Waals surface area (Å²) >= 11 is 7.71. The summed E-state index contributed by atoms with van der Waals surface area (Å²) in [6, 6.07) is 0. The zero-order chi connectivity index (χ0) is 5.86. The molecule has 0 rings (SSSR count). The summed E-state index contributed by atoms with van der Waals surface area (Å²) in [6.45, 7) is 0. The summed E-state index contributed by atoms with van der Waals surface area (Å²) < 4.78 is -0.00926. The van der Waals surface area contributed by atoms with Crippen molar-refractivity contribution in [3.63, 3.8) is 0 Å². The topological polar surface area (TPSA) is 43.1 Å². The molecule has 7 heavy (non-hydrogen) atoms. The van der Waals surface area contributed by atoms with Crippen LogP contribution in [0.2, 0.25) is 0 Å². The summed E-state index contributed by atoms with van der Waals surface area (Å²) in [5, 5.41) is 9.42. The smallest absolute Gasteiger partial charge is 0.221 e. The molecule has 0 heterocycles. The van der Waals surface area contributed by atoms with E-state index in [-0.39, 0.29) is 4.24 Å². The summed E-state index contributed by atoms with van der Waals surface area (Å²) in [4.78, 5) is 8.78. The molecule has 0 saturated heterocycles. The quantitative estimate of drug-likeness (QED) is 0.247. The van der Waals surface area contributed by atoms with Gasteiger partial charge in [0.2, 0.25) is 6.20 Å². The lowest BCUT2D eigenvalue weighted by Gasteiger charge is -1.92. The lowest BCUT2D eigenvalue weighted by molar-refractivity contribution is -0.402. The highest BCUT2D eigenvalue weighted by atomic mass is 32.2. The van der Waals surface area contributed by atoms with Gasteiger partial charge in [-0.3, -0.25) is 10.1 Å². The van der Waals surface area contributed by atoms with E-state index in [0.29, 0.717) is 6.20 Å². The molecule has 0 fully saturated rings. The Bertz CT molecular complexity index is 106. The van der Waals surface area contributed by atoms with Crippen molar-refractivity contribution in [1.29, 1.82) is 0 Å². The molecule has 40 valence electrons. The summed E-state index contributed by atoms with van der Waals surface area (Å²) in [6.07, 6.45) is 0.651. The second-order valence-electron chi connectivity index (χ2n) is 0.753. The van der Waals surface area contributed by atoms with Gasteiger partial charge in [-0.15, -0.1) is 0 Å². The Balaban J connectivity index is 3.68. The van der Waals surface area contributed by atoms with Crippen molar-refractivity contribution >= 4 is 25.3 Å². The van der Waals surface area contributed by atoms with Crippen LogP contribution in [-0.4, -0.2) is 4.92 Å². The molecule has 0 aromatic rings. The van der Waals surface area contributed by atoms with Crippen molar-refractivity contribution in [2.45, 2.75) is 0 Å². The number of thiol groups is 1. The van der Waals surface area contributed by atoms with Gasteiger partial charge >= 0.3 is 0 Å². The number of hydrogen-bond donors (Lipinski definition) is 1. The summed E-state index contributed by atoms with van der Waals surface area (Å²) in [5.41, 5.74) is 0. The van der Waals surface area contributed by atoms with Crippen LogP contribution in [-0.2, 0) is 12.6 Å². The zero-order valence-corrected chi connectivity index (χ0v) is 4.91. The van der Waals surface area contributed by atoms with Crippen LogP contribution in [0, 0.1) is 10.1 Å². The molecule has 0 bridgehead atoms. The Morgan fingerprint density at radius 3 is 2.43 bits per heavy atom. The molecule has 0 amide bonds. The molecule has 0 aromatic carbocycles. The van der Waals surface area contributed by atoms with Gasteiger partial charge in [-0.2, -0.15) is 12.6 Å². The normalized spacial score (nSPS) is 11.3. The maximum Gasteiger partial charge on any atom is 0.221 e. The van der Waals surface area contributed by atoms with Crippen molar-refractivity contribution in [1.82, 2.24) is 0 Å². The summed E-state index contributed by atoms with van der Waals surface area (Å²) in [7, 11) is 0. The Morgan fingerprint density at radius 1 is 2.00 bits per heavy atom.